The van der Waals surface area contributed by atoms with Crippen LogP contribution in [0.15, 0.2) is 6.20 Å². The fourth-order valence-corrected chi connectivity index (χ4v) is 3.57. The predicted octanol–water partition coefficient (Wildman–Crippen LogP) is 1.81. The lowest BCUT2D eigenvalue weighted by Gasteiger charge is -2.37. The van der Waals surface area contributed by atoms with E-state index in [-0.39, 0.29) is 18.6 Å². The van der Waals surface area contributed by atoms with Crippen LogP contribution in [0.1, 0.15) is 30.2 Å². The molecule has 1 aromatic rings. The number of ether oxygens (including phenoxy) is 1. The van der Waals surface area contributed by atoms with Crippen molar-refractivity contribution in [1.82, 2.24) is 15.2 Å². The van der Waals surface area contributed by atoms with Gasteiger partial charge in [0, 0.05) is 43.4 Å². The summed E-state index contributed by atoms with van der Waals surface area (Å²) < 4.78 is 5.15. The molecule has 1 amide bonds. The number of aryl methyl sites for hydroxylation is 1. The molecule has 118 valence electrons. The summed E-state index contributed by atoms with van der Waals surface area (Å²) in [6.07, 6.45) is 2.97. The van der Waals surface area contributed by atoms with E-state index in [1.807, 2.05) is 20.0 Å². The number of nitrogens with one attached hydrogen (secondary N) is 1. The molecule has 0 aromatic carbocycles. The van der Waals surface area contributed by atoms with Crippen LogP contribution in [0.3, 0.4) is 0 Å². The van der Waals surface area contributed by atoms with Gasteiger partial charge in [-0.15, -0.1) is 11.3 Å². The van der Waals surface area contributed by atoms with Gasteiger partial charge in [0.2, 0.25) is 5.91 Å². The number of aromatic nitrogens is 1. The third-order valence-corrected chi connectivity index (χ3v) is 4.72. The van der Waals surface area contributed by atoms with Crippen LogP contribution in [0.25, 0.3) is 0 Å². The molecule has 6 heteroatoms. The van der Waals surface area contributed by atoms with Gasteiger partial charge in [-0.3, -0.25) is 9.69 Å². The maximum Gasteiger partial charge on any atom is 0.246 e. The summed E-state index contributed by atoms with van der Waals surface area (Å²) >= 11 is 1.76. The molecule has 21 heavy (non-hydrogen) atoms. The second-order valence-corrected chi connectivity index (χ2v) is 6.98. The van der Waals surface area contributed by atoms with Crippen molar-refractivity contribution in [3.63, 3.8) is 0 Å². The fourth-order valence-electron chi connectivity index (χ4n) is 2.73. The molecule has 0 bridgehead atoms. The number of likely N-dealkylation sites (tertiary alicyclic amines) is 1. The van der Waals surface area contributed by atoms with Crippen molar-refractivity contribution in [2.75, 3.05) is 26.3 Å². The zero-order chi connectivity index (χ0) is 15.2. The molecule has 1 N–H and O–H groups in total. The normalized spacial score (nSPS) is 23.2. The molecule has 0 aliphatic carbocycles. The number of nitrogens with zero attached hydrogens (tertiary/aromatic N) is 2. The van der Waals surface area contributed by atoms with Gasteiger partial charge in [0.05, 0.1) is 5.01 Å². The van der Waals surface area contributed by atoms with Crippen LogP contribution >= 0.6 is 11.3 Å². The average Bonchev–Trinajstić information content (AvgIpc) is 2.85. The van der Waals surface area contributed by atoms with Crippen LogP contribution in [0.2, 0.25) is 0 Å². The number of hydrogen-bond donors (Lipinski definition) is 1. The van der Waals surface area contributed by atoms with Gasteiger partial charge in [0.1, 0.15) is 6.61 Å². The summed E-state index contributed by atoms with van der Waals surface area (Å²) in [4.78, 5) is 19.8. The Hall–Kier alpha value is -0.980. The van der Waals surface area contributed by atoms with Crippen LogP contribution in [-0.2, 0) is 16.1 Å². The zero-order valence-corrected chi connectivity index (χ0v) is 13.9. The Labute approximate surface area is 130 Å². The molecule has 0 unspecified atom stereocenters. The molecule has 0 spiro atoms. The van der Waals surface area contributed by atoms with Gasteiger partial charge < -0.3 is 10.1 Å². The minimum Gasteiger partial charge on any atom is -0.372 e. The second-order valence-electron chi connectivity index (χ2n) is 5.66. The van der Waals surface area contributed by atoms with E-state index in [0.29, 0.717) is 12.5 Å². The fraction of sp³-hybridized carbons (Fsp3) is 0.733. The number of hydrogen-bond acceptors (Lipinski definition) is 5. The quantitative estimate of drug-likeness (QED) is 0.870. The van der Waals surface area contributed by atoms with Crippen molar-refractivity contribution in [1.29, 1.82) is 0 Å². The Morgan fingerprint density at radius 3 is 3.05 bits per heavy atom. The van der Waals surface area contributed by atoms with E-state index >= 15 is 0 Å². The summed E-state index contributed by atoms with van der Waals surface area (Å²) in [5.41, 5.74) is 0. The predicted molar refractivity (Wildman–Crippen MR) is 84.3 cm³/mol. The smallest absolute Gasteiger partial charge is 0.246 e. The van der Waals surface area contributed by atoms with E-state index in [1.165, 1.54) is 4.88 Å². The van der Waals surface area contributed by atoms with Gasteiger partial charge in [0.25, 0.3) is 0 Å². The first kappa shape index (κ1) is 16.4. The molecule has 2 heterocycles. The first-order chi connectivity index (χ1) is 10.1. The number of piperidine rings is 1. The van der Waals surface area contributed by atoms with Crippen LogP contribution < -0.4 is 5.32 Å². The minimum absolute atomic E-state index is 0.000214. The molecule has 1 aromatic heterocycles. The molecule has 2 rings (SSSR count). The van der Waals surface area contributed by atoms with Crippen molar-refractivity contribution in [2.24, 2.45) is 5.92 Å². The van der Waals surface area contributed by atoms with Crippen molar-refractivity contribution in [3.05, 3.63) is 16.1 Å². The Morgan fingerprint density at radius 1 is 1.62 bits per heavy atom. The maximum atomic E-state index is 11.7. The van der Waals surface area contributed by atoms with Crippen molar-refractivity contribution < 1.29 is 9.53 Å². The topological polar surface area (TPSA) is 54.5 Å². The summed E-state index contributed by atoms with van der Waals surface area (Å²) in [6.45, 7) is 9.88. The lowest BCUT2D eigenvalue weighted by Crippen LogP contribution is -2.50. The van der Waals surface area contributed by atoms with Gasteiger partial charge >= 0.3 is 0 Å². The highest BCUT2D eigenvalue weighted by atomic mass is 32.1. The van der Waals surface area contributed by atoms with Crippen molar-refractivity contribution in [3.8, 4) is 0 Å². The zero-order valence-electron chi connectivity index (χ0n) is 13.1. The number of thiazole rings is 1. The summed E-state index contributed by atoms with van der Waals surface area (Å²) in [5, 5.41) is 4.21. The third kappa shape index (κ3) is 5.05. The number of rotatable bonds is 6. The number of carbonyl (C=O) groups is 1. The third-order valence-electron chi connectivity index (χ3n) is 3.82. The van der Waals surface area contributed by atoms with E-state index in [0.717, 1.165) is 31.1 Å². The Balaban J connectivity index is 1.77. The summed E-state index contributed by atoms with van der Waals surface area (Å²) in [5.74, 6) is 0.457. The van der Waals surface area contributed by atoms with Gasteiger partial charge in [0.15, 0.2) is 0 Å². The van der Waals surface area contributed by atoms with Crippen molar-refractivity contribution in [2.45, 2.75) is 39.8 Å². The molecule has 1 aliphatic heterocycles. The minimum atomic E-state index is 0.000214. The average molecular weight is 311 g/mol. The Kier molecular flexibility index (Phi) is 6.14. The second kappa shape index (κ2) is 7.87. The molecular weight excluding hydrogens is 286 g/mol. The lowest BCUT2D eigenvalue weighted by atomic mass is 9.94. The van der Waals surface area contributed by atoms with E-state index in [9.17, 15) is 4.79 Å². The number of amides is 1. The summed E-state index contributed by atoms with van der Waals surface area (Å²) in [6, 6.07) is 0.261. The SMILES string of the molecule is CCOCC(=O)N[C@@H]1CCN(Cc2cnc(C)s2)C[C@@H]1C. The molecule has 5 nitrogen and oxygen atoms in total. The Morgan fingerprint density at radius 2 is 2.43 bits per heavy atom. The van der Waals surface area contributed by atoms with Gasteiger partial charge in [-0.05, 0) is 26.2 Å². The molecule has 0 radical (unpaired) electrons. The van der Waals surface area contributed by atoms with E-state index in [4.69, 9.17) is 4.74 Å². The van der Waals surface area contributed by atoms with E-state index in [2.05, 4.69) is 22.1 Å². The van der Waals surface area contributed by atoms with Crippen molar-refractivity contribution >= 4 is 17.2 Å². The lowest BCUT2D eigenvalue weighted by molar-refractivity contribution is -0.127. The largest absolute Gasteiger partial charge is 0.372 e. The van der Waals surface area contributed by atoms with Crippen LogP contribution in [0.5, 0.6) is 0 Å². The van der Waals surface area contributed by atoms with Crippen LogP contribution in [0, 0.1) is 12.8 Å². The first-order valence-electron chi connectivity index (χ1n) is 7.59. The van der Waals surface area contributed by atoms with Crippen LogP contribution in [-0.4, -0.2) is 48.1 Å². The number of carbonyl (C=O) groups excluding carboxylic acids is 1. The van der Waals surface area contributed by atoms with E-state index in [1.54, 1.807) is 11.3 Å². The molecule has 2 atom stereocenters. The van der Waals surface area contributed by atoms with Gasteiger partial charge in [-0.2, -0.15) is 0 Å². The van der Waals surface area contributed by atoms with Crippen LogP contribution in [0.4, 0.5) is 0 Å². The highest BCUT2D eigenvalue weighted by molar-refractivity contribution is 7.11. The Bertz CT molecular complexity index is 464. The highest BCUT2D eigenvalue weighted by Gasteiger charge is 2.27. The molecule has 1 saturated heterocycles. The van der Waals surface area contributed by atoms with Gasteiger partial charge in [-0.1, -0.05) is 6.92 Å². The molecule has 1 fully saturated rings. The monoisotopic (exact) mass is 311 g/mol. The highest BCUT2D eigenvalue weighted by Crippen LogP contribution is 2.21. The van der Waals surface area contributed by atoms with Gasteiger partial charge in [-0.25, -0.2) is 4.98 Å². The summed E-state index contributed by atoms with van der Waals surface area (Å²) in [7, 11) is 0. The molecule has 0 saturated carbocycles. The first-order valence-corrected chi connectivity index (χ1v) is 8.41. The maximum absolute atomic E-state index is 11.7. The van der Waals surface area contributed by atoms with E-state index < -0.39 is 0 Å². The standard InChI is InChI=1S/C15H25N3O2S/c1-4-20-10-15(19)17-14-5-6-18(8-11(14)2)9-13-7-16-12(3)21-13/h7,11,14H,4-6,8-10H2,1-3H3,(H,17,19)/t11-,14+/m0/s1. The molecule has 1 aliphatic rings. The molecular formula is C15H25N3O2S.